The number of aryl methyl sites for hydroxylation is 1. The molecule has 0 aliphatic heterocycles. The van der Waals surface area contributed by atoms with Crippen LogP contribution in [0.25, 0.3) is 0 Å². The molecule has 1 aromatic rings. The molecular formula is C16H32OSi3. The summed E-state index contributed by atoms with van der Waals surface area (Å²) in [4.78, 5) is 0. The predicted molar refractivity (Wildman–Crippen MR) is 101 cm³/mol. The molecule has 0 aliphatic carbocycles. The van der Waals surface area contributed by atoms with Gasteiger partial charge in [0.1, 0.15) is 5.75 Å². The number of benzene rings is 1. The van der Waals surface area contributed by atoms with Crippen molar-refractivity contribution in [3.63, 3.8) is 0 Å². The summed E-state index contributed by atoms with van der Waals surface area (Å²) in [5.41, 5.74) is 1.34. The predicted octanol–water partition coefficient (Wildman–Crippen LogP) is 4.30. The fourth-order valence-electron chi connectivity index (χ4n) is 2.21. The smallest absolute Gasteiger partial charge is 0.242 e. The summed E-state index contributed by atoms with van der Waals surface area (Å²) >= 11 is 0. The van der Waals surface area contributed by atoms with Crippen LogP contribution in [0, 0.1) is 6.92 Å². The first-order chi connectivity index (χ1) is 8.72. The summed E-state index contributed by atoms with van der Waals surface area (Å²) in [6, 6.07) is 4.85. The second kappa shape index (κ2) is 5.46. The minimum Gasteiger partial charge on any atom is -0.544 e. The first-order valence-corrected chi connectivity index (χ1v) is 18.0. The maximum absolute atomic E-state index is 6.45. The van der Waals surface area contributed by atoms with E-state index in [0.717, 1.165) is 0 Å². The van der Waals surface area contributed by atoms with E-state index in [4.69, 9.17) is 4.43 Å². The lowest BCUT2D eigenvalue weighted by atomic mass is 10.2. The molecule has 0 aromatic heterocycles. The monoisotopic (exact) mass is 324 g/mol. The lowest BCUT2D eigenvalue weighted by Crippen LogP contribution is -2.47. The Hall–Kier alpha value is -0.329. The van der Waals surface area contributed by atoms with E-state index in [0.29, 0.717) is 0 Å². The normalized spacial score (nSPS) is 13.5. The van der Waals surface area contributed by atoms with Crippen LogP contribution in [0.5, 0.6) is 5.75 Å². The molecule has 0 unspecified atom stereocenters. The van der Waals surface area contributed by atoms with Crippen molar-refractivity contribution in [1.82, 2.24) is 0 Å². The Morgan fingerprint density at radius 3 is 1.60 bits per heavy atom. The second-order valence-corrected chi connectivity index (χ2v) is 23.4. The Bertz CT molecular complexity index is 488. The molecule has 1 nitrogen and oxygen atoms in total. The van der Waals surface area contributed by atoms with E-state index in [1.54, 1.807) is 5.19 Å². The van der Waals surface area contributed by atoms with Crippen molar-refractivity contribution in [2.75, 3.05) is 0 Å². The van der Waals surface area contributed by atoms with Gasteiger partial charge in [0.15, 0.2) is 0 Å². The van der Waals surface area contributed by atoms with Gasteiger partial charge in [0.05, 0.1) is 16.1 Å². The molecule has 1 aromatic carbocycles. The van der Waals surface area contributed by atoms with Crippen molar-refractivity contribution in [1.29, 1.82) is 0 Å². The van der Waals surface area contributed by atoms with Crippen molar-refractivity contribution in [2.24, 2.45) is 0 Å². The van der Waals surface area contributed by atoms with Crippen LogP contribution < -0.4 is 14.8 Å². The van der Waals surface area contributed by atoms with E-state index in [2.05, 4.69) is 78.0 Å². The third kappa shape index (κ3) is 4.60. The van der Waals surface area contributed by atoms with Crippen LogP contribution in [-0.4, -0.2) is 24.5 Å². The number of hydrogen-bond acceptors (Lipinski definition) is 1. The number of rotatable bonds is 4. The molecule has 0 N–H and O–H groups in total. The summed E-state index contributed by atoms with van der Waals surface area (Å²) in [5.74, 6) is 1.20. The molecule has 20 heavy (non-hydrogen) atoms. The minimum atomic E-state index is -1.57. The highest BCUT2D eigenvalue weighted by Gasteiger charge is 2.29. The molecule has 1 rings (SSSR count). The molecule has 0 saturated heterocycles. The van der Waals surface area contributed by atoms with Gasteiger partial charge < -0.3 is 4.43 Å². The van der Waals surface area contributed by atoms with Gasteiger partial charge in [0.2, 0.25) is 8.32 Å². The minimum absolute atomic E-state index is 1.20. The summed E-state index contributed by atoms with van der Waals surface area (Å²) in [6.07, 6.45) is 0. The average Bonchev–Trinajstić information content (AvgIpc) is 2.15. The standard InChI is InChI=1S/C16H32OSi3/c1-13-11-14(18(2,3)4)12-15(19(5,6)7)16(13)17-20(8,9)10/h11-12H,1-10H3. The van der Waals surface area contributed by atoms with Crippen LogP contribution >= 0.6 is 0 Å². The van der Waals surface area contributed by atoms with Gasteiger partial charge in [-0.3, -0.25) is 0 Å². The number of hydrogen-bond donors (Lipinski definition) is 0. The topological polar surface area (TPSA) is 9.23 Å². The summed E-state index contributed by atoms with van der Waals surface area (Å²) in [7, 11) is -4.25. The van der Waals surface area contributed by atoms with Crippen molar-refractivity contribution in [3.05, 3.63) is 17.7 Å². The second-order valence-electron chi connectivity index (χ2n) is 8.88. The fourth-order valence-corrected chi connectivity index (χ4v) is 6.08. The molecule has 0 radical (unpaired) electrons. The summed E-state index contributed by atoms with van der Waals surface area (Å²) in [5, 5.41) is 3.08. The first-order valence-electron chi connectivity index (χ1n) is 7.56. The van der Waals surface area contributed by atoms with E-state index < -0.39 is 24.5 Å². The van der Waals surface area contributed by atoms with Crippen LogP contribution in [0.1, 0.15) is 5.56 Å². The van der Waals surface area contributed by atoms with Crippen molar-refractivity contribution >= 4 is 34.8 Å². The van der Waals surface area contributed by atoms with Gasteiger partial charge in [-0.25, -0.2) is 0 Å². The Balaban J connectivity index is 3.52. The highest BCUT2D eigenvalue weighted by molar-refractivity contribution is 6.92. The molecule has 4 heteroatoms. The van der Waals surface area contributed by atoms with Gasteiger partial charge in [0.25, 0.3) is 0 Å². The molecular weight excluding hydrogens is 292 g/mol. The van der Waals surface area contributed by atoms with E-state index in [9.17, 15) is 0 Å². The van der Waals surface area contributed by atoms with Gasteiger partial charge in [-0.1, -0.05) is 56.6 Å². The van der Waals surface area contributed by atoms with E-state index in [-0.39, 0.29) is 0 Å². The quantitative estimate of drug-likeness (QED) is 0.750. The molecule has 0 saturated carbocycles. The van der Waals surface area contributed by atoms with Gasteiger partial charge in [-0.05, 0) is 37.3 Å². The summed E-state index contributed by atoms with van der Waals surface area (Å²) in [6.45, 7) is 23.6. The zero-order valence-corrected chi connectivity index (χ0v) is 18.1. The van der Waals surface area contributed by atoms with Crippen LogP contribution in [0.15, 0.2) is 12.1 Å². The van der Waals surface area contributed by atoms with Crippen LogP contribution in [0.3, 0.4) is 0 Å². The first kappa shape index (κ1) is 17.7. The van der Waals surface area contributed by atoms with Crippen molar-refractivity contribution in [2.45, 2.75) is 65.8 Å². The van der Waals surface area contributed by atoms with Crippen LogP contribution in [0.2, 0.25) is 58.9 Å². The Morgan fingerprint density at radius 2 is 1.25 bits per heavy atom. The zero-order valence-electron chi connectivity index (χ0n) is 15.1. The Kier molecular flexibility index (Phi) is 4.84. The highest BCUT2D eigenvalue weighted by Crippen LogP contribution is 2.23. The SMILES string of the molecule is Cc1cc([Si](C)(C)C)cc([Si](C)(C)C)c1O[Si](C)(C)C. The third-order valence-corrected chi connectivity index (χ3v) is 8.18. The van der Waals surface area contributed by atoms with Crippen LogP contribution in [0.4, 0.5) is 0 Å². The third-order valence-electron chi connectivity index (χ3n) is 3.36. The van der Waals surface area contributed by atoms with Gasteiger partial charge in [-0.15, -0.1) is 0 Å². The fraction of sp³-hybridized carbons (Fsp3) is 0.625. The summed E-state index contributed by atoms with van der Waals surface area (Å²) < 4.78 is 6.45. The average molecular weight is 325 g/mol. The molecule has 0 spiro atoms. The molecule has 114 valence electrons. The van der Waals surface area contributed by atoms with Crippen molar-refractivity contribution in [3.8, 4) is 5.75 Å². The van der Waals surface area contributed by atoms with Gasteiger partial charge in [0, 0.05) is 0 Å². The zero-order chi connectivity index (χ0) is 15.9. The maximum Gasteiger partial charge on any atom is 0.242 e. The largest absolute Gasteiger partial charge is 0.544 e. The van der Waals surface area contributed by atoms with Gasteiger partial charge >= 0.3 is 0 Å². The molecule has 0 fully saturated rings. The highest BCUT2D eigenvalue weighted by atomic mass is 28.4. The lowest BCUT2D eigenvalue weighted by molar-refractivity contribution is 0.557. The van der Waals surface area contributed by atoms with Crippen molar-refractivity contribution < 1.29 is 4.43 Å². The molecule has 0 heterocycles. The Morgan fingerprint density at radius 1 is 0.750 bits per heavy atom. The molecule has 0 bridgehead atoms. The van der Waals surface area contributed by atoms with Gasteiger partial charge in [-0.2, -0.15) is 0 Å². The van der Waals surface area contributed by atoms with E-state index in [1.807, 2.05) is 0 Å². The maximum atomic E-state index is 6.45. The van der Waals surface area contributed by atoms with E-state index in [1.165, 1.54) is 16.5 Å². The molecule has 0 aliphatic rings. The van der Waals surface area contributed by atoms with E-state index >= 15 is 0 Å². The lowest BCUT2D eigenvalue weighted by Gasteiger charge is -2.30. The van der Waals surface area contributed by atoms with Crippen LogP contribution in [-0.2, 0) is 0 Å². The molecule has 0 amide bonds. The molecule has 0 atom stereocenters. The Labute approximate surface area is 128 Å².